The van der Waals surface area contributed by atoms with Crippen molar-refractivity contribution in [3.8, 4) is 28.5 Å². The summed E-state index contributed by atoms with van der Waals surface area (Å²) in [6.45, 7) is 0. The maximum atomic E-state index is 9.48. The summed E-state index contributed by atoms with van der Waals surface area (Å²) in [6, 6.07) is 15.8. The molecule has 0 aliphatic heterocycles. The fourth-order valence-electron chi connectivity index (χ4n) is 2.52. The molecule has 2 N–H and O–H groups in total. The van der Waals surface area contributed by atoms with E-state index in [9.17, 15) is 5.26 Å². The van der Waals surface area contributed by atoms with Crippen LogP contribution in [0.4, 0.5) is 11.5 Å². The zero-order valence-electron chi connectivity index (χ0n) is 13.6. The van der Waals surface area contributed by atoms with E-state index in [-0.39, 0.29) is 5.82 Å². The molecule has 0 bridgehead atoms. The molecule has 24 heavy (non-hydrogen) atoms. The summed E-state index contributed by atoms with van der Waals surface area (Å²) in [5, 5.41) is 9.48. The molecule has 0 unspecified atom stereocenters. The van der Waals surface area contributed by atoms with Crippen molar-refractivity contribution in [3.05, 3.63) is 60.4 Å². The van der Waals surface area contributed by atoms with Crippen LogP contribution in [0.1, 0.15) is 5.56 Å². The SMILES string of the molecule is CN(C)c1ccc(-c2cc(-c3ccncc3)nc(N)c2C#N)cc1. The quantitative estimate of drug-likeness (QED) is 0.802. The summed E-state index contributed by atoms with van der Waals surface area (Å²) in [6.07, 6.45) is 3.41. The minimum Gasteiger partial charge on any atom is -0.383 e. The Morgan fingerprint density at radius 3 is 2.25 bits per heavy atom. The molecular weight excluding hydrogens is 298 g/mol. The van der Waals surface area contributed by atoms with Crippen molar-refractivity contribution < 1.29 is 0 Å². The van der Waals surface area contributed by atoms with E-state index >= 15 is 0 Å². The van der Waals surface area contributed by atoms with Gasteiger partial charge in [-0.25, -0.2) is 4.98 Å². The van der Waals surface area contributed by atoms with Gasteiger partial charge in [0, 0.05) is 43.3 Å². The number of aromatic nitrogens is 2. The fourth-order valence-corrected chi connectivity index (χ4v) is 2.52. The molecule has 0 saturated carbocycles. The van der Waals surface area contributed by atoms with Crippen LogP contribution in [0.5, 0.6) is 0 Å². The van der Waals surface area contributed by atoms with Crippen LogP contribution in [0.3, 0.4) is 0 Å². The average molecular weight is 315 g/mol. The first-order valence-electron chi connectivity index (χ1n) is 7.49. The number of pyridine rings is 2. The molecule has 118 valence electrons. The summed E-state index contributed by atoms with van der Waals surface area (Å²) in [5.41, 5.74) is 10.9. The molecule has 0 fully saturated rings. The van der Waals surface area contributed by atoms with Crippen molar-refractivity contribution in [1.29, 1.82) is 5.26 Å². The molecule has 0 aliphatic rings. The molecule has 2 aromatic heterocycles. The highest BCUT2D eigenvalue weighted by Crippen LogP contribution is 2.31. The second kappa shape index (κ2) is 6.39. The van der Waals surface area contributed by atoms with Gasteiger partial charge >= 0.3 is 0 Å². The Balaban J connectivity index is 2.15. The van der Waals surface area contributed by atoms with E-state index in [4.69, 9.17) is 5.73 Å². The third kappa shape index (κ3) is 2.90. The van der Waals surface area contributed by atoms with E-state index in [1.165, 1.54) is 0 Å². The van der Waals surface area contributed by atoms with Gasteiger partial charge in [-0.2, -0.15) is 5.26 Å². The maximum Gasteiger partial charge on any atom is 0.142 e. The summed E-state index contributed by atoms with van der Waals surface area (Å²) >= 11 is 0. The predicted octanol–water partition coefficient (Wildman–Crippen LogP) is 3.33. The normalized spacial score (nSPS) is 10.2. The number of hydrogen-bond acceptors (Lipinski definition) is 5. The van der Waals surface area contributed by atoms with E-state index < -0.39 is 0 Å². The molecule has 0 spiro atoms. The van der Waals surface area contributed by atoms with E-state index in [1.807, 2.05) is 61.5 Å². The molecule has 0 atom stereocenters. The van der Waals surface area contributed by atoms with Gasteiger partial charge in [-0.3, -0.25) is 4.98 Å². The molecule has 5 nitrogen and oxygen atoms in total. The smallest absolute Gasteiger partial charge is 0.142 e. The first-order chi connectivity index (χ1) is 11.6. The van der Waals surface area contributed by atoms with Crippen molar-refractivity contribution in [2.75, 3.05) is 24.7 Å². The van der Waals surface area contributed by atoms with Gasteiger partial charge in [0.05, 0.1) is 5.69 Å². The monoisotopic (exact) mass is 315 g/mol. The standard InChI is InChI=1S/C19H17N5/c1-24(2)15-5-3-13(4-6-15)16-11-18(14-7-9-22-10-8-14)23-19(21)17(16)12-20/h3-11H,1-2H3,(H2,21,23). The number of anilines is 2. The van der Waals surface area contributed by atoms with Crippen LogP contribution in [-0.4, -0.2) is 24.1 Å². The lowest BCUT2D eigenvalue weighted by Gasteiger charge is -2.14. The van der Waals surface area contributed by atoms with Gasteiger partial charge in [-0.1, -0.05) is 12.1 Å². The molecule has 0 saturated heterocycles. The minimum absolute atomic E-state index is 0.235. The largest absolute Gasteiger partial charge is 0.383 e. The lowest BCUT2D eigenvalue weighted by Crippen LogP contribution is -2.08. The van der Waals surface area contributed by atoms with Crippen LogP contribution in [-0.2, 0) is 0 Å². The Kier molecular flexibility index (Phi) is 4.13. The molecule has 2 heterocycles. The van der Waals surface area contributed by atoms with E-state index in [0.717, 1.165) is 28.1 Å². The first-order valence-corrected chi connectivity index (χ1v) is 7.49. The highest BCUT2D eigenvalue weighted by molar-refractivity contribution is 5.80. The number of rotatable bonds is 3. The number of benzene rings is 1. The highest BCUT2D eigenvalue weighted by Gasteiger charge is 2.13. The van der Waals surface area contributed by atoms with Crippen molar-refractivity contribution >= 4 is 11.5 Å². The van der Waals surface area contributed by atoms with Gasteiger partial charge in [0.25, 0.3) is 0 Å². The molecule has 3 rings (SSSR count). The molecule has 3 aromatic rings. The molecule has 1 aromatic carbocycles. The van der Waals surface area contributed by atoms with Crippen molar-refractivity contribution in [2.45, 2.75) is 0 Å². The zero-order chi connectivity index (χ0) is 17.1. The lowest BCUT2D eigenvalue weighted by atomic mass is 9.98. The van der Waals surface area contributed by atoms with Gasteiger partial charge in [0.15, 0.2) is 0 Å². The first kappa shape index (κ1) is 15.5. The van der Waals surface area contributed by atoms with Crippen molar-refractivity contribution in [2.24, 2.45) is 0 Å². The van der Waals surface area contributed by atoms with Crippen LogP contribution in [0, 0.1) is 11.3 Å². The molecule has 0 amide bonds. The van der Waals surface area contributed by atoms with Gasteiger partial charge in [-0.15, -0.1) is 0 Å². The van der Waals surface area contributed by atoms with Crippen molar-refractivity contribution in [1.82, 2.24) is 9.97 Å². The summed E-state index contributed by atoms with van der Waals surface area (Å²) < 4.78 is 0. The number of hydrogen-bond donors (Lipinski definition) is 1. The molecule has 0 radical (unpaired) electrons. The Morgan fingerprint density at radius 2 is 1.67 bits per heavy atom. The van der Waals surface area contributed by atoms with Crippen LogP contribution < -0.4 is 10.6 Å². The summed E-state index contributed by atoms with van der Waals surface area (Å²) in [5.74, 6) is 0.235. The van der Waals surface area contributed by atoms with Gasteiger partial charge in [0.1, 0.15) is 17.5 Å². The van der Waals surface area contributed by atoms with Crippen LogP contribution in [0.2, 0.25) is 0 Å². The van der Waals surface area contributed by atoms with E-state index in [2.05, 4.69) is 16.0 Å². The minimum atomic E-state index is 0.235. The second-order valence-corrected chi connectivity index (χ2v) is 5.60. The Hall–Kier alpha value is -3.39. The maximum absolute atomic E-state index is 9.48. The molecule has 5 heteroatoms. The topological polar surface area (TPSA) is 78.8 Å². The number of nitrogens with zero attached hydrogens (tertiary/aromatic N) is 4. The predicted molar refractivity (Wildman–Crippen MR) is 96.4 cm³/mol. The highest BCUT2D eigenvalue weighted by atomic mass is 15.1. The number of nitriles is 1. The zero-order valence-corrected chi connectivity index (χ0v) is 13.6. The Morgan fingerprint density at radius 1 is 1.00 bits per heavy atom. The van der Waals surface area contributed by atoms with E-state index in [0.29, 0.717) is 5.56 Å². The van der Waals surface area contributed by atoms with E-state index in [1.54, 1.807) is 12.4 Å². The second-order valence-electron chi connectivity index (χ2n) is 5.60. The molecular formula is C19H17N5. The third-order valence-electron chi connectivity index (χ3n) is 3.83. The van der Waals surface area contributed by atoms with Gasteiger partial charge in [-0.05, 0) is 35.9 Å². The third-order valence-corrected chi connectivity index (χ3v) is 3.83. The number of nitrogens with two attached hydrogens (primary N) is 1. The Bertz CT molecular complexity index is 894. The van der Waals surface area contributed by atoms with Gasteiger partial charge < -0.3 is 10.6 Å². The van der Waals surface area contributed by atoms with Crippen molar-refractivity contribution in [3.63, 3.8) is 0 Å². The number of nitrogen functional groups attached to an aromatic ring is 1. The fraction of sp³-hybridized carbons (Fsp3) is 0.105. The van der Waals surface area contributed by atoms with Crippen LogP contribution >= 0.6 is 0 Å². The van der Waals surface area contributed by atoms with Gasteiger partial charge in [0.2, 0.25) is 0 Å². The average Bonchev–Trinajstić information content (AvgIpc) is 2.62. The lowest BCUT2D eigenvalue weighted by molar-refractivity contribution is 1.13. The van der Waals surface area contributed by atoms with Crippen LogP contribution in [0.15, 0.2) is 54.9 Å². The Labute approximate surface area is 141 Å². The summed E-state index contributed by atoms with van der Waals surface area (Å²) in [4.78, 5) is 10.4. The summed E-state index contributed by atoms with van der Waals surface area (Å²) in [7, 11) is 3.98. The molecule has 0 aliphatic carbocycles. The van der Waals surface area contributed by atoms with Crippen LogP contribution in [0.25, 0.3) is 22.4 Å².